The van der Waals surface area contributed by atoms with Gasteiger partial charge in [0.2, 0.25) is 0 Å². The minimum Gasteiger partial charge on any atom is -0.481 e. The van der Waals surface area contributed by atoms with Gasteiger partial charge in [0.1, 0.15) is 0 Å². The molecule has 0 fully saturated rings. The predicted octanol–water partition coefficient (Wildman–Crippen LogP) is 3.17. The molecule has 4 heteroatoms. The van der Waals surface area contributed by atoms with E-state index >= 15 is 0 Å². The molecule has 1 aliphatic rings. The molecular weight excluding hydrogens is 234 g/mol. The number of carboxylic acids is 1. The van der Waals surface area contributed by atoms with Crippen LogP contribution in [0.25, 0.3) is 0 Å². The van der Waals surface area contributed by atoms with Crippen molar-refractivity contribution in [2.24, 2.45) is 0 Å². The summed E-state index contributed by atoms with van der Waals surface area (Å²) in [6.45, 7) is 4.35. The highest BCUT2D eigenvalue weighted by Crippen LogP contribution is 2.35. The van der Waals surface area contributed by atoms with Gasteiger partial charge in [-0.05, 0) is 23.6 Å². The number of fused-ring (bicyclic) bond motifs is 1. The van der Waals surface area contributed by atoms with Crippen molar-refractivity contribution < 1.29 is 9.90 Å². The standard InChI is InChI=1S/C13H17NO2S/c1-8(2)9-3-4-11-12(5-9)17-7-10(14-11)6-13(15)16/h3-5,8,10,14H,6-7H2,1-2H3,(H,15,16). The van der Waals surface area contributed by atoms with Gasteiger partial charge in [0.15, 0.2) is 0 Å². The molecule has 0 aromatic heterocycles. The zero-order valence-electron chi connectivity index (χ0n) is 10.1. The summed E-state index contributed by atoms with van der Waals surface area (Å²) in [4.78, 5) is 11.9. The maximum atomic E-state index is 10.7. The minimum absolute atomic E-state index is 0.0369. The van der Waals surface area contributed by atoms with E-state index in [4.69, 9.17) is 5.11 Å². The fraction of sp³-hybridized carbons (Fsp3) is 0.462. The molecule has 0 spiro atoms. The number of carbonyl (C=O) groups is 1. The molecule has 92 valence electrons. The molecule has 1 aromatic rings. The van der Waals surface area contributed by atoms with E-state index in [1.165, 1.54) is 10.5 Å². The molecule has 0 amide bonds. The summed E-state index contributed by atoms with van der Waals surface area (Å²) >= 11 is 1.74. The maximum absolute atomic E-state index is 10.7. The number of carboxylic acid groups (broad SMARTS) is 1. The predicted molar refractivity (Wildman–Crippen MR) is 70.9 cm³/mol. The Kier molecular flexibility index (Phi) is 3.62. The molecule has 1 aliphatic heterocycles. The summed E-state index contributed by atoms with van der Waals surface area (Å²) in [6, 6.07) is 6.41. The Balaban J connectivity index is 2.14. The lowest BCUT2D eigenvalue weighted by Crippen LogP contribution is -2.28. The van der Waals surface area contributed by atoms with Crippen LogP contribution < -0.4 is 5.32 Å². The first-order valence-corrected chi connectivity index (χ1v) is 6.80. The average molecular weight is 251 g/mol. The van der Waals surface area contributed by atoms with Crippen LogP contribution in [0.5, 0.6) is 0 Å². The van der Waals surface area contributed by atoms with Crippen LogP contribution in [0.3, 0.4) is 0 Å². The lowest BCUT2D eigenvalue weighted by Gasteiger charge is -2.26. The van der Waals surface area contributed by atoms with E-state index < -0.39 is 5.97 Å². The van der Waals surface area contributed by atoms with Crippen LogP contribution in [0.2, 0.25) is 0 Å². The van der Waals surface area contributed by atoms with Gasteiger partial charge < -0.3 is 10.4 Å². The second-order valence-electron chi connectivity index (χ2n) is 4.66. The number of thioether (sulfide) groups is 1. The molecule has 3 nitrogen and oxygen atoms in total. The molecular formula is C13H17NO2S. The van der Waals surface area contributed by atoms with E-state index in [-0.39, 0.29) is 12.5 Å². The molecule has 2 N–H and O–H groups in total. The summed E-state index contributed by atoms with van der Waals surface area (Å²) in [6.07, 6.45) is 0.179. The van der Waals surface area contributed by atoms with Crippen molar-refractivity contribution in [1.29, 1.82) is 0 Å². The van der Waals surface area contributed by atoms with E-state index in [1.54, 1.807) is 11.8 Å². The Labute approximate surface area is 106 Å². The average Bonchev–Trinajstić information content (AvgIpc) is 2.27. The van der Waals surface area contributed by atoms with Gasteiger partial charge in [0, 0.05) is 22.4 Å². The van der Waals surface area contributed by atoms with Crippen molar-refractivity contribution in [3.63, 3.8) is 0 Å². The molecule has 0 aliphatic carbocycles. The van der Waals surface area contributed by atoms with Gasteiger partial charge in [-0.1, -0.05) is 19.9 Å². The summed E-state index contributed by atoms with van der Waals surface area (Å²) in [5.74, 6) is 0.601. The number of aliphatic carboxylic acids is 1. The van der Waals surface area contributed by atoms with Gasteiger partial charge in [-0.2, -0.15) is 0 Å². The van der Waals surface area contributed by atoms with Crippen molar-refractivity contribution >= 4 is 23.4 Å². The second kappa shape index (κ2) is 5.00. The number of nitrogens with one attached hydrogen (secondary N) is 1. The third-order valence-corrected chi connectivity index (χ3v) is 4.11. The summed E-state index contributed by atoms with van der Waals surface area (Å²) < 4.78 is 0. The molecule has 1 heterocycles. The van der Waals surface area contributed by atoms with E-state index in [0.29, 0.717) is 5.92 Å². The molecule has 2 rings (SSSR count). The summed E-state index contributed by atoms with van der Waals surface area (Å²) in [5, 5.41) is 12.1. The van der Waals surface area contributed by atoms with Crippen LogP contribution in [-0.4, -0.2) is 22.9 Å². The SMILES string of the molecule is CC(C)c1ccc2c(c1)SCC(CC(=O)O)N2. The van der Waals surface area contributed by atoms with Gasteiger partial charge in [0.05, 0.1) is 6.42 Å². The van der Waals surface area contributed by atoms with Crippen molar-refractivity contribution in [2.75, 3.05) is 11.1 Å². The maximum Gasteiger partial charge on any atom is 0.305 e. The summed E-state index contributed by atoms with van der Waals surface area (Å²) in [5.41, 5.74) is 2.40. The van der Waals surface area contributed by atoms with Crippen LogP contribution >= 0.6 is 11.8 Å². The number of benzene rings is 1. The van der Waals surface area contributed by atoms with Gasteiger partial charge >= 0.3 is 5.97 Å². The Bertz CT molecular complexity index is 431. The van der Waals surface area contributed by atoms with Crippen molar-refractivity contribution in [2.45, 2.75) is 37.1 Å². The van der Waals surface area contributed by atoms with Gasteiger partial charge in [-0.3, -0.25) is 4.79 Å². The van der Waals surface area contributed by atoms with Crippen LogP contribution in [0, 0.1) is 0 Å². The fourth-order valence-electron chi connectivity index (χ4n) is 1.91. The summed E-state index contributed by atoms with van der Waals surface area (Å²) in [7, 11) is 0. The van der Waals surface area contributed by atoms with Crippen LogP contribution in [0.15, 0.2) is 23.1 Å². The number of anilines is 1. The van der Waals surface area contributed by atoms with Gasteiger partial charge in [0.25, 0.3) is 0 Å². The van der Waals surface area contributed by atoms with Gasteiger partial charge in [-0.15, -0.1) is 11.8 Å². The van der Waals surface area contributed by atoms with Crippen molar-refractivity contribution in [3.8, 4) is 0 Å². The van der Waals surface area contributed by atoms with Crippen molar-refractivity contribution in [1.82, 2.24) is 0 Å². The third kappa shape index (κ3) is 2.94. The Morgan fingerprint density at radius 2 is 2.35 bits per heavy atom. The monoisotopic (exact) mass is 251 g/mol. The lowest BCUT2D eigenvalue weighted by molar-refractivity contribution is -0.137. The Morgan fingerprint density at radius 1 is 1.59 bits per heavy atom. The Hall–Kier alpha value is -1.16. The zero-order chi connectivity index (χ0) is 12.4. The number of rotatable bonds is 3. The van der Waals surface area contributed by atoms with Crippen LogP contribution in [0.4, 0.5) is 5.69 Å². The largest absolute Gasteiger partial charge is 0.481 e. The second-order valence-corrected chi connectivity index (χ2v) is 5.72. The molecule has 1 atom stereocenters. The topological polar surface area (TPSA) is 49.3 Å². The van der Waals surface area contributed by atoms with E-state index in [1.807, 2.05) is 0 Å². The van der Waals surface area contributed by atoms with E-state index in [2.05, 4.69) is 37.4 Å². The molecule has 1 aromatic carbocycles. The first kappa shape index (κ1) is 12.3. The molecule has 0 saturated carbocycles. The van der Waals surface area contributed by atoms with E-state index in [0.717, 1.165) is 11.4 Å². The lowest BCUT2D eigenvalue weighted by atomic mass is 10.0. The molecule has 1 unspecified atom stereocenters. The van der Waals surface area contributed by atoms with Crippen LogP contribution in [0.1, 0.15) is 31.7 Å². The number of hydrogen-bond acceptors (Lipinski definition) is 3. The number of hydrogen-bond donors (Lipinski definition) is 2. The Morgan fingerprint density at radius 3 is 3.00 bits per heavy atom. The molecule has 0 saturated heterocycles. The third-order valence-electron chi connectivity index (χ3n) is 2.89. The zero-order valence-corrected chi connectivity index (χ0v) is 10.9. The minimum atomic E-state index is -0.745. The fourth-order valence-corrected chi connectivity index (χ4v) is 2.99. The highest BCUT2D eigenvalue weighted by molar-refractivity contribution is 7.99. The highest BCUT2D eigenvalue weighted by atomic mass is 32.2. The molecule has 0 bridgehead atoms. The normalized spacial score (nSPS) is 18.6. The molecule has 17 heavy (non-hydrogen) atoms. The quantitative estimate of drug-likeness (QED) is 0.866. The van der Waals surface area contributed by atoms with Gasteiger partial charge in [-0.25, -0.2) is 0 Å². The first-order valence-electron chi connectivity index (χ1n) is 5.81. The smallest absolute Gasteiger partial charge is 0.305 e. The highest BCUT2D eigenvalue weighted by Gasteiger charge is 2.20. The van der Waals surface area contributed by atoms with Crippen molar-refractivity contribution in [3.05, 3.63) is 23.8 Å². The van der Waals surface area contributed by atoms with E-state index in [9.17, 15) is 4.79 Å². The van der Waals surface area contributed by atoms with Crippen LogP contribution in [-0.2, 0) is 4.79 Å². The first-order chi connectivity index (χ1) is 8.06. The molecule has 0 radical (unpaired) electrons.